The maximum atomic E-state index is 6.53. The van der Waals surface area contributed by atoms with E-state index in [0.29, 0.717) is 0 Å². The Balaban J connectivity index is 0.00000110. The molecular weight excluding hydrogens is 465 g/mol. The molecule has 1 heterocycles. The average molecular weight is 507 g/mol. The molecule has 1 atom stereocenters. The molecule has 0 bridgehead atoms. The highest BCUT2D eigenvalue weighted by Gasteiger charge is 2.52. The van der Waals surface area contributed by atoms with Crippen molar-refractivity contribution >= 4 is 73.3 Å². The van der Waals surface area contributed by atoms with Crippen LogP contribution in [0.5, 0.6) is 0 Å². The SMILES string of the molecule is C[SiH](C)O[SiH3].C[SiH](CC[Si]1(C)O[Si](C)(C)O[Si](C)(C)O[Si](C)(C)O1)O[SiH3]. The predicted octanol–water partition coefficient (Wildman–Crippen LogP) is 1.16. The summed E-state index contributed by atoms with van der Waals surface area (Å²) in [6.45, 7) is 21.4. The van der Waals surface area contributed by atoms with Crippen molar-refractivity contribution < 1.29 is 24.7 Å². The van der Waals surface area contributed by atoms with Crippen molar-refractivity contribution in [2.24, 2.45) is 0 Å². The summed E-state index contributed by atoms with van der Waals surface area (Å²) >= 11 is 0. The molecule has 1 unspecified atom stereocenters. The van der Waals surface area contributed by atoms with Crippen LogP contribution in [-0.2, 0) is 24.7 Å². The molecule has 26 heavy (non-hydrogen) atoms. The molecule has 158 valence electrons. The van der Waals surface area contributed by atoms with Gasteiger partial charge in [-0.3, -0.25) is 0 Å². The molecule has 0 spiro atoms. The van der Waals surface area contributed by atoms with Crippen LogP contribution in [0.2, 0.25) is 77.6 Å². The lowest BCUT2D eigenvalue weighted by molar-refractivity contribution is 0.235. The Morgan fingerprint density at radius 3 is 1.35 bits per heavy atom. The van der Waals surface area contributed by atoms with Crippen molar-refractivity contribution in [3.8, 4) is 0 Å². The number of hydrogen-bond acceptors (Lipinski definition) is 6. The van der Waals surface area contributed by atoms with Crippen LogP contribution < -0.4 is 0 Å². The summed E-state index contributed by atoms with van der Waals surface area (Å²) < 4.78 is 36.4. The van der Waals surface area contributed by atoms with Crippen molar-refractivity contribution in [3.63, 3.8) is 0 Å². The minimum atomic E-state index is -2.27. The summed E-state index contributed by atoms with van der Waals surface area (Å²) in [6, 6.07) is 2.10. The number of rotatable bonds is 5. The Morgan fingerprint density at radius 1 is 0.692 bits per heavy atom. The van der Waals surface area contributed by atoms with Gasteiger partial charge in [-0.05, 0) is 77.6 Å². The van der Waals surface area contributed by atoms with Gasteiger partial charge in [0.2, 0.25) is 0 Å². The van der Waals surface area contributed by atoms with Crippen LogP contribution in [0, 0.1) is 0 Å². The molecule has 0 saturated carbocycles. The molecule has 0 aliphatic carbocycles. The molecule has 1 saturated heterocycles. The molecule has 0 aromatic heterocycles. The Hall–Kier alpha value is 1.50. The Kier molecular flexibility index (Phi) is 11.7. The molecule has 1 aliphatic rings. The van der Waals surface area contributed by atoms with E-state index in [1.165, 1.54) is 0 Å². The van der Waals surface area contributed by atoms with Crippen LogP contribution in [-0.4, -0.2) is 73.3 Å². The van der Waals surface area contributed by atoms with Crippen molar-refractivity contribution in [1.29, 1.82) is 0 Å². The lowest BCUT2D eigenvalue weighted by Gasteiger charge is -2.47. The largest absolute Gasteiger partial charge is 0.466 e. The fraction of sp³-hybridized carbons (Fsp3) is 1.00. The summed E-state index contributed by atoms with van der Waals surface area (Å²) in [7, 11) is -8.72. The zero-order valence-electron chi connectivity index (χ0n) is 19.0. The first kappa shape index (κ1) is 27.5. The topological polar surface area (TPSA) is 55.4 Å². The third-order valence-corrected chi connectivity index (χ3v) is 28.9. The summed E-state index contributed by atoms with van der Waals surface area (Å²) in [5, 5.41) is 0. The van der Waals surface area contributed by atoms with E-state index in [1.807, 2.05) is 0 Å². The molecule has 1 rings (SSSR count). The molecule has 0 amide bonds. The van der Waals surface area contributed by atoms with Gasteiger partial charge in [0.15, 0.2) is 18.1 Å². The summed E-state index contributed by atoms with van der Waals surface area (Å²) in [5.41, 5.74) is 0. The first-order valence-electron chi connectivity index (χ1n) is 9.41. The quantitative estimate of drug-likeness (QED) is 0.522. The van der Waals surface area contributed by atoms with Gasteiger partial charge in [0, 0.05) is 0 Å². The Labute approximate surface area is 175 Å². The molecule has 6 nitrogen and oxygen atoms in total. The van der Waals surface area contributed by atoms with Crippen LogP contribution >= 0.6 is 0 Å². The third kappa shape index (κ3) is 12.1. The van der Waals surface area contributed by atoms with Crippen molar-refractivity contribution in [3.05, 3.63) is 0 Å². The van der Waals surface area contributed by atoms with Gasteiger partial charge in [-0.15, -0.1) is 0 Å². The highest BCUT2D eigenvalue weighted by molar-refractivity contribution is 6.93. The molecular formula is C12H42O6Si8. The van der Waals surface area contributed by atoms with Gasteiger partial charge >= 0.3 is 34.2 Å². The summed E-state index contributed by atoms with van der Waals surface area (Å²) in [5.74, 6) is 0. The van der Waals surface area contributed by atoms with E-state index in [4.69, 9.17) is 24.7 Å². The van der Waals surface area contributed by atoms with Crippen LogP contribution in [0.25, 0.3) is 0 Å². The van der Waals surface area contributed by atoms with Gasteiger partial charge in [0.1, 0.15) is 21.0 Å². The highest BCUT2D eigenvalue weighted by Crippen LogP contribution is 2.33. The van der Waals surface area contributed by atoms with Gasteiger partial charge in [-0.2, -0.15) is 0 Å². The predicted molar refractivity (Wildman–Crippen MR) is 132 cm³/mol. The van der Waals surface area contributed by atoms with Gasteiger partial charge in [-0.1, -0.05) is 0 Å². The molecule has 1 aliphatic heterocycles. The molecule has 0 N–H and O–H groups in total. The lowest BCUT2D eigenvalue weighted by Crippen LogP contribution is -2.65. The van der Waals surface area contributed by atoms with Gasteiger partial charge in [-0.25, -0.2) is 0 Å². The second-order valence-corrected chi connectivity index (χ2v) is 31.1. The highest BCUT2D eigenvalue weighted by atomic mass is 28.5. The zero-order valence-corrected chi connectivity index (χ0v) is 29.3. The molecule has 1 fully saturated rings. The Morgan fingerprint density at radius 2 is 1.04 bits per heavy atom. The van der Waals surface area contributed by atoms with E-state index >= 15 is 0 Å². The van der Waals surface area contributed by atoms with E-state index < -0.39 is 52.3 Å². The van der Waals surface area contributed by atoms with Crippen LogP contribution in [0.1, 0.15) is 0 Å². The Bertz CT molecular complexity index is 401. The number of hydrogen-bond donors (Lipinski definition) is 0. The van der Waals surface area contributed by atoms with Gasteiger partial charge in [0.25, 0.3) is 0 Å². The van der Waals surface area contributed by atoms with E-state index in [2.05, 4.69) is 65.5 Å². The monoisotopic (exact) mass is 506 g/mol. The molecule has 14 heteroatoms. The van der Waals surface area contributed by atoms with E-state index in [-0.39, 0.29) is 0 Å². The summed E-state index contributed by atoms with van der Waals surface area (Å²) in [4.78, 5) is 0. The first-order valence-corrected chi connectivity index (χ1v) is 27.2. The molecule has 0 radical (unpaired) electrons. The second-order valence-electron chi connectivity index (χ2n) is 8.61. The minimum Gasteiger partial charge on any atom is -0.466 e. The third-order valence-electron chi connectivity index (χ3n) is 3.79. The molecule has 0 aromatic carbocycles. The summed E-state index contributed by atoms with van der Waals surface area (Å²) in [6.07, 6.45) is 0. The van der Waals surface area contributed by atoms with Crippen LogP contribution in [0.3, 0.4) is 0 Å². The zero-order chi connectivity index (χ0) is 20.8. The maximum absolute atomic E-state index is 6.53. The van der Waals surface area contributed by atoms with Crippen molar-refractivity contribution in [2.45, 2.75) is 77.6 Å². The minimum absolute atomic E-state index is 0.588. The van der Waals surface area contributed by atoms with E-state index in [0.717, 1.165) is 33.1 Å². The normalized spacial score (nSPS) is 25.0. The standard InChI is InChI=1S/C10H32O5Si6.C2H10OSi2/c1-17(11-16)9-10-21(8)14-19(4,5)12-18(2,3)13-20(6,7)15-21;1-5(2)3-4/h17H,9-10H2,1-8,16H3;5H,1-2,4H3. The smallest absolute Gasteiger partial charge is 0.317 e. The molecule has 0 aromatic rings. The van der Waals surface area contributed by atoms with Crippen molar-refractivity contribution in [1.82, 2.24) is 0 Å². The van der Waals surface area contributed by atoms with Gasteiger partial charge < -0.3 is 24.7 Å². The fourth-order valence-electron chi connectivity index (χ4n) is 2.99. The second kappa shape index (κ2) is 11.0. The van der Waals surface area contributed by atoms with Crippen LogP contribution in [0.15, 0.2) is 0 Å². The van der Waals surface area contributed by atoms with E-state index in [1.54, 1.807) is 0 Å². The van der Waals surface area contributed by atoms with Gasteiger partial charge in [0.05, 0.1) is 0 Å². The van der Waals surface area contributed by atoms with E-state index in [9.17, 15) is 0 Å². The lowest BCUT2D eigenvalue weighted by atomic mass is 10.9. The average Bonchev–Trinajstić information content (AvgIpc) is 2.40. The van der Waals surface area contributed by atoms with Crippen LogP contribution in [0.4, 0.5) is 0 Å². The fourth-order valence-corrected chi connectivity index (χ4v) is 28.4. The first-order chi connectivity index (χ1) is 11.6. The van der Waals surface area contributed by atoms with Crippen molar-refractivity contribution in [2.75, 3.05) is 0 Å². The maximum Gasteiger partial charge on any atom is 0.317 e.